The summed E-state index contributed by atoms with van der Waals surface area (Å²) >= 11 is 0. The third kappa shape index (κ3) is 1.47. The molecule has 1 saturated carbocycles. The molecule has 2 heteroatoms. The lowest BCUT2D eigenvalue weighted by molar-refractivity contribution is 0.149. The maximum absolute atomic E-state index is 5.76. The molecule has 0 amide bonds. The maximum Gasteiger partial charge on any atom is 0.183 e. The van der Waals surface area contributed by atoms with Gasteiger partial charge in [0.15, 0.2) is 5.90 Å². The average molecular weight is 167 g/mol. The van der Waals surface area contributed by atoms with Gasteiger partial charge in [0.1, 0.15) is 6.10 Å². The van der Waals surface area contributed by atoms with E-state index in [1.165, 1.54) is 25.7 Å². The predicted octanol–water partition coefficient (Wildman–Crippen LogP) is 2.53. The van der Waals surface area contributed by atoms with Crippen LogP contribution in [0.4, 0.5) is 0 Å². The van der Waals surface area contributed by atoms with Gasteiger partial charge in [0.25, 0.3) is 0 Å². The van der Waals surface area contributed by atoms with Crippen molar-refractivity contribution in [2.75, 3.05) is 0 Å². The number of hydrogen-bond donors (Lipinski definition) is 0. The van der Waals surface area contributed by atoms with Gasteiger partial charge in [-0.2, -0.15) is 0 Å². The Morgan fingerprint density at radius 1 is 1.42 bits per heavy atom. The second-order valence-electron chi connectivity index (χ2n) is 3.78. The zero-order valence-corrected chi connectivity index (χ0v) is 7.75. The monoisotopic (exact) mass is 167 g/mol. The molecule has 1 aliphatic carbocycles. The van der Waals surface area contributed by atoms with Gasteiger partial charge < -0.3 is 4.74 Å². The van der Waals surface area contributed by atoms with Crippen molar-refractivity contribution in [3.05, 3.63) is 0 Å². The average Bonchev–Trinajstić information content (AvgIpc) is 2.47. The highest BCUT2D eigenvalue weighted by Gasteiger charge is 2.32. The fourth-order valence-electron chi connectivity index (χ4n) is 2.09. The maximum atomic E-state index is 5.76. The van der Waals surface area contributed by atoms with Crippen molar-refractivity contribution in [3.8, 4) is 0 Å². The lowest BCUT2D eigenvalue weighted by Crippen LogP contribution is -2.25. The van der Waals surface area contributed by atoms with E-state index in [1.807, 2.05) is 0 Å². The summed E-state index contributed by atoms with van der Waals surface area (Å²) in [5, 5.41) is 0. The Kier molecular flexibility index (Phi) is 2.33. The molecular formula is C10H17NO. The third-order valence-electron chi connectivity index (χ3n) is 2.73. The Balaban J connectivity index is 1.94. The molecule has 0 aromatic rings. The minimum atomic E-state index is 0.445. The highest BCUT2D eigenvalue weighted by atomic mass is 16.5. The molecule has 2 aliphatic rings. The minimum Gasteiger partial charge on any atom is -0.475 e. The number of rotatable bonds is 2. The first-order chi connectivity index (χ1) is 5.90. The molecule has 0 radical (unpaired) electrons. The zero-order chi connectivity index (χ0) is 8.39. The van der Waals surface area contributed by atoms with Crippen LogP contribution in [0.3, 0.4) is 0 Å². The normalized spacial score (nSPS) is 33.9. The first-order valence-corrected chi connectivity index (χ1v) is 5.13. The van der Waals surface area contributed by atoms with E-state index in [4.69, 9.17) is 4.74 Å². The van der Waals surface area contributed by atoms with Crippen LogP contribution < -0.4 is 0 Å². The predicted molar refractivity (Wildman–Crippen MR) is 49.5 cm³/mol. The minimum absolute atomic E-state index is 0.445. The second kappa shape index (κ2) is 3.46. The van der Waals surface area contributed by atoms with Crippen LogP contribution in [0.5, 0.6) is 0 Å². The van der Waals surface area contributed by atoms with Crippen molar-refractivity contribution in [1.82, 2.24) is 0 Å². The molecule has 0 aromatic carbocycles. The lowest BCUT2D eigenvalue weighted by atomic mass is 9.94. The SMILES string of the molecule is CCCC1=NC2CCCCC2O1. The quantitative estimate of drug-likeness (QED) is 0.619. The molecule has 2 rings (SSSR count). The van der Waals surface area contributed by atoms with Crippen molar-refractivity contribution in [1.29, 1.82) is 0 Å². The van der Waals surface area contributed by atoms with Crippen molar-refractivity contribution < 1.29 is 4.74 Å². The van der Waals surface area contributed by atoms with E-state index in [1.54, 1.807) is 0 Å². The van der Waals surface area contributed by atoms with Crippen LogP contribution >= 0.6 is 0 Å². The van der Waals surface area contributed by atoms with Crippen LogP contribution in [-0.4, -0.2) is 18.0 Å². The van der Waals surface area contributed by atoms with Gasteiger partial charge in [-0.15, -0.1) is 0 Å². The lowest BCUT2D eigenvalue weighted by Gasteiger charge is -2.21. The van der Waals surface area contributed by atoms with E-state index in [-0.39, 0.29) is 0 Å². The molecule has 2 atom stereocenters. The topological polar surface area (TPSA) is 21.6 Å². The van der Waals surface area contributed by atoms with Crippen LogP contribution in [0.15, 0.2) is 4.99 Å². The smallest absolute Gasteiger partial charge is 0.183 e. The number of fused-ring (bicyclic) bond motifs is 1. The number of hydrogen-bond acceptors (Lipinski definition) is 2. The summed E-state index contributed by atoms with van der Waals surface area (Å²) < 4.78 is 5.76. The molecule has 12 heavy (non-hydrogen) atoms. The summed E-state index contributed by atoms with van der Waals surface area (Å²) in [6.07, 6.45) is 7.77. The molecular weight excluding hydrogens is 150 g/mol. The largest absolute Gasteiger partial charge is 0.475 e. The van der Waals surface area contributed by atoms with Crippen LogP contribution in [-0.2, 0) is 4.74 Å². The first kappa shape index (κ1) is 8.09. The van der Waals surface area contributed by atoms with Crippen LogP contribution in [0, 0.1) is 0 Å². The summed E-state index contributed by atoms with van der Waals surface area (Å²) in [5.74, 6) is 1.02. The zero-order valence-electron chi connectivity index (χ0n) is 7.75. The van der Waals surface area contributed by atoms with Crippen LogP contribution in [0.25, 0.3) is 0 Å². The van der Waals surface area contributed by atoms with Gasteiger partial charge in [0, 0.05) is 6.42 Å². The fourth-order valence-corrected chi connectivity index (χ4v) is 2.09. The third-order valence-corrected chi connectivity index (χ3v) is 2.73. The molecule has 0 bridgehead atoms. The van der Waals surface area contributed by atoms with Crippen molar-refractivity contribution in [3.63, 3.8) is 0 Å². The Bertz CT molecular complexity index is 188. The van der Waals surface area contributed by atoms with E-state index in [0.717, 1.165) is 18.7 Å². The van der Waals surface area contributed by atoms with Crippen molar-refractivity contribution >= 4 is 5.90 Å². The molecule has 0 saturated heterocycles. The highest BCUT2D eigenvalue weighted by molar-refractivity contribution is 5.78. The van der Waals surface area contributed by atoms with Gasteiger partial charge in [-0.05, 0) is 25.7 Å². The standard InChI is InChI=1S/C10H17NO/c1-2-5-10-11-8-6-3-4-7-9(8)12-10/h8-9H,2-7H2,1H3. The molecule has 1 fully saturated rings. The first-order valence-electron chi connectivity index (χ1n) is 5.13. The molecule has 0 spiro atoms. The van der Waals surface area contributed by atoms with E-state index >= 15 is 0 Å². The highest BCUT2D eigenvalue weighted by Crippen LogP contribution is 2.29. The Hall–Kier alpha value is -0.530. The van der Waals surface area contributed by atoms with E-state index < -0.39 is 0 Å². The van der Waals surface area contributed by atoms with Crippen molar-refractivity contribution in [2.45, 2.75) is 57.6 Å². The Labute approximate surface area is 74.0 Å². The Morgan fingerprint density at radius 3 is 3.00 bits per heavy atom. The summed E-state index contributed by atoms with van der Waals surface area (Å²) in [6, 6.07) is 0.514. The van der Waals surface area contributed by atoms with Gasteiger partial charge in [0.05, 0.1) is 6.04 Å². The van der Waals surface area contributed by atoms with Gasteiger partial charge in [0.2, 0.25) is 0 Å². The summed E-state index contributed by atoms with van der Waals surface area (Å²) in [6.45, 7) is 2.17. The fraction of sp³-hybridized carbons (Fsp3) is 0.900. The molecule has 1 heterocycles. The van der Waals surface area contributed by atoms with E-state index in [0.29, 0.717) is 12.1 Å². The molecule has 0 N–H and O–H groups in total. The second-order valence-corrected chi connectivity index (χ2v) is 3.78. The van der Waals surface area contributed by atoms with Crippen LogP contribution in [0.2, 0.25) is 0 Å². The van der Waals surface area contributed by atoms with Gasteiger partial charge in [-0.1, -0.05) is 13.3 Å². The van der Waals surface area contributed by atoms with E-state index in [2.05, 4.69) is 11.9 Å². The van der Waals surface area contributed by atoms with Gasteiger partial charge >= 0.3 is 0 Å². The molecule has 1 aliphatic heterocycles. The Morgan fingerprint density at radius 2 is 2.25 bits per heavy atom. The van der Waals surface area contributed by atoms with Gasteiger partial charge in [-0.25, -0.2) is 4.99 Å². The van der Waals surface area contributed by atoms with E-state index in [9.17, 15) is 0 Å². The molecule has 2 unspecified atom stereocenters. The summed E-state index contributed by atoms with van der Waals surface area (Å²) in [7, 11) is 0. The molecule has 0 aromatic heterocycles. The number of aliphatic imine (C=N–C) groups is 1. The summed E-state index contributed by atoms with van der Waals surface area (Å²) in [5.41, 5.74) is 0. The number of ether oxygens (including phenoxy) is 1. The number of nitrogens with zero attached hydrogens (tertiary/aromatic N) is 1. The van der Waals surface area contributed by atoms with Crippen LogP contribution in [0.1, 0.15) is 45.4 Å². The summed E-state index contributed by atoms with van der Waals surface area (Å²) in [4.78, 5) is 4.59. The van der Waals surface area contributed by atoms with Crippen molar-refractivity contribution in [2.24, 2.45) is 4.99 Å². The molecule has 68 valence electrons. The van der Waals surface area contributed by atoms with Gasteiger partial charge in [-0.3, -0.25) is 0 Å². The molecule has 2 nitrogen and oxygen atoms in total.